The lowest BCUT2D eigenvalue weighted by molar-refractivity contribution is -0.167. The Labute approximate surface area is 173 Å². The SMILES string of the molecule is C[C@]12CCC(=O)C=C1C[C@@H](S(C)(=O)=O)[C@@H]1[C@@H]2CC[C@@]2(C)[C@H]1CC[C@@]21CCC(=O)O1. The fourth-order valence-corrected chi connectivity index (χ4v) is 9.67. The van der Waals surface area contributed by atoms with Crippen LogP contribution in [0.1, 0.15) is 71.6 Å². The van der Waals surface area contributed by atoms with Crippen molar-refractivity contribution in [3.8, 4) is 0 Å². The van der Waals surface area contributed by atoms with Gasteiger partial charge in [-0.3, -0.25) is 9.59 Å². The summed E-state index contributed by atoms with van der Waals surface area (Å²) >= 11 is 0. The summed E-state index contributed by atoms with van der Waals surface area (Å²) in [5.41, 5.74) is 0.435. The molecule has 0 unspecified atom stereocenters. The summed E-state index contributed by atoms with van der Waals surface area (Å²) in [6.07, 6.45) is 9.99. The first-order valence-electron chi connectivity index (χ1n) is 11.1. The number of hydrogen-bond donors (Lipinski definition) is 0. The largest absolute Gasteiger partial charge is 0.458 e. The standard InChI is InChI=1S/C23H32O5S/c1-21-8-4-15(24)12-14(21)13-18(29(3,26)27)20-16(21)5-9-22(2)17(20)6-10-23(22)11-7-19(25)28-23/h12,16-18,20H,4-11,13H2,1-3H3/t16-,17-,18+,20+,21-,22-,23+/m0/s1. The first-order chi connectivity index (χ1) is 13.5. The lowest BCUT2D eigenvalue weighted by Crippen LogP contribution is -2.59. The summed E-state index contributed by atoms with van der Waals surface area (Å²) in [7, 11) is -3.26. The molecule has 1 spiro atoms. The van der Waals surface area contributed by atoms with E-state index in [1.54, 1.807) is 6.08 Å². The monoisotopic (exact) mass is 420 g/mol. The molecule has 5 rings (SSSR count). The molecule has 4 aliphatic carbocycles. The minimum atomic E-state index is -3.26. The van der Waals surface area contributed by atoms with E-state index >= 15 is 0 Å². The molecule has 4 fully saturated rings. The van der Waals surface area contributed by atoms with Crippen LogP contribution in [-0.2, 0) is 24.2 Å². The van der Waals surface area contributed by atoms with E-state index in [0.29, 0.717) is 19.3 Å². The molecule has 29 heavy (non-hydrogen) atoms. The van der Waals surface area contributed by atoms with Gasteiger partial charge in [0.15, 0.2) is 15.6 Å². The van der Waals surface area contributed by atoms with Crippen molar-refractivity contribution in [3.63, 3.8) is 0 Å². The van der Waals surface area contributed by atoms with Gasteiger partial charge in [0.05, 0.1) is 5.25 Å². The van der Waals surface area contributed by atoms with Gasteiger partial charge in [0, 0.05) is 24.5 Å². The summed E-state index contributed by atoms with van der Waals surface area (Å²) in [5, 5.41) is -0.436. The molecule has 0 aromatic rings. The highest BCUT2D eigenvalue weighted by atomic mass is 32.2. The molecule has 1 aliphatic heterocycles. The maximum Gasteiger partial charge on any atom is 0.306 e. The van der Waals surface area contributed by atoms with E-state index in [9.17, 15) is 18.0 Å². The van der Waals surface area contributed by atoms with Crippen LogP contribution in [0.5, 0.6) is 0 Å². The van der Waals surface area contributed by atoms with Crippen molar-refractivity contribution in [1.82, 2.24) is 0 Å². The van der Waals surface area contributed by atoms with Crippen LogP contribution in [-0.4, -0.2) is 37.3 Å². The fraction of sp³-hybridized carbons (Fsp3) is 0.826. The van der Waals surface area contributed by atoms with Crippen LogP contribution in [0.25, 0.3) is 0 Å². The van der Waals surface area contributed by atoms with E-state index in [1.807, 2.05) is 0 Å². The van der Waals surface area contributed by atoms with Crippen LogP contribution in [0, 0.1) is 28.6 Å². The van der Waals surface area contributed by atoms with Crippen molar-refractivity contribution in [1.29, 1.82) is 0 Å². The van der Waals surface area contributed by atoms with Crippen molar-refractivity contribution in [2.24, 2.45) is 28.6 Å². The second-order valence-corrected chi connectivity index (χ2v) is 13.1. The summed E-state index contributed by atoms with van der Waals surface area (Å²) < 4.78 is 31.9. The zero-order valence-electron chi connectivity index (χ0n) is 17.7. The number of carbonyl (C=O) groups excluding carboxylic acids is 2. The zero-order chi connectivity index (χ0) is 20.8. The molecule has 6 heteroatoms. The number of allylic oxidation sites excluding steroid dienone is 1. The molecule has 0 aromatic heterocycles. The molecular formula is C23H32O5S. The van der Waals surface area contributed by atoms with E-state index in [-0.39, 0.29) is 40.3 Å². The minimum absolute atomic E-state index is 0.0802. The van der Waals surface area contributed by atoms with E-state index in [4.69, 9.17) is 4.74 Å². The molecule has 5 nitrogen and oxygen atoms in total. The third-order valence-electron chi connectivity index (χ3n) is 9.84. The Hall–Kier alpha value is -1.17. The van der Waals surface area contributed by atoms with Crippen molar-refractivity contribution in [2.75, 3.05) is 6.26 Å². The summed E-state index contributed by atoms with van der Waals surface area (Å²) in [6, 6.07) is 0. The topological polar surface area (TPSA) is 77.5 Å². The van der Waals surface area contributed by atoms with Gasteiger partial charge < -0.3 is 4.74 Å². The van der Waals surface area contributed by atoms with Crippen LogP contribution >= 0.6 is 0 Å². The molecule has 0 radical (unpaired) electrons. The molecule has 1 heterocycles. The Morgan fingerprint density at radius 1 is 1.00 bits per heavy atom. The van der Waals surface area contributed by atoms with Gasteiger partial charge in [-0.1, -0.05) is 19.4 Å². The van der Waals surface area contributed by atoms with Gasteiger partial charge >= 0.3 is 5.97 Å². The van der Waals surface area contributed by atoms with E-state index in [1.165, 1.54) is 6.26 Å². The number of rotatable bonds is 1. The average Bonchev–Trinajstić information content (AvgIpc) is 3.15. The van der Waals surface area contributed by atoms with Gasteiger partial charge in [-0.25, -0.2) is 8.42 Å². The first-order valence-corrected chi connectivity index (χ1v) is 13.1. The van der Waals surface area contributed by atoms with Gasteiger partial charge in [0.25, 0.3) is 0 Å². The molecule has 0 aromatic carbocycles. The zero-order valence-corrected chi connectivity index (χ0v) is 18.5. The number of ketones is 1. The first kappa shape index (κ1) is 19.8. The Kier molecular flexibility index (Phi) is 4.06. The summed E-state index contributed by atoms with van der Waals surface area (Å²) in [5.74, 6) is 0.656. The smallest absolute Gasteiger partial charge is 0.306 e. The molecule has 7 atom stereocenters. The second kappa shape index (κ2) is 5.95. The Morgan fingerprint density at radius 3 is 2.38 bits per heavy atom. The number of ether oxygens (including phenoxy) is 1. The van der Waals surface area contributed by atoms with Gasteiger partial charge in [-0.2, -0.15) is 0 Å². The predicted molar refractivity (Wildman–Crippen MR) is 109 cm³/mol. The highest BCUT2D eigenvalue weighted by Gasteiger charge is 2.69. The Bertz CT molecular complexity index is 920. The molecule has 0 N–H and O–H groups in total. The minimum Gasteiger partial charge on any atom is -0.458 e. The van der Waals surface area contributed by atoms with E-state index < -0.39 is 20.7 Å². The van der Waals surface area contributed by atoms with Gasteiger partial charge in [0.2, 0.25) is 0 Å². The normalized spacial score (nSPS) is 49.3. The van der Waals surface area contributed by atoms with Crippen molar-refractivity contribution in [2.45, 2.75) is 82.5 Å². The number of esters is 1. The third kappa shape index (κ3) is 2.53. The molecule has 0 amide bonds. The molecule has 160 valence electrons. The Balaban J connectivity index is 1.61. The van der Waals surface area contributed by atoms with Crippen molar-refractivity contribution in [3.05, 3.63) is 11.6 Å². The summed E-state index contributed by atoms with van der Waals surface area (Å²) in [6.45, 7) is 4.53. The number of fused-ring (bicyclic) bond motifs is 6. The maximum absolute atomic E-state index is 13.0. The molecule has 3 saturated carbocycles. The second-order valence-electron chi connectivity index (χ2n) is 10.9. The van der Waals surface area contributed by atoms with Crippen molar-refractivity contribution >= 4 is 21.6 Å². The number of carbonyl (C=O) groups is 2. The van der Waals surface area contributed by atoms with E-state index in [2.05, 4.69) is 13.8 Å². The highest BCUT2D eigenvalue weighted by molar-refractivity contribution is 7.91. The number of sulfone groups is 1. The maximum atomic E-state index is 13.0. The Morgan fingerprint density at radius 2 is 1.72 bits per heavy atom. The summed E-state index contributed by atoms with van der Waals surface area (Å²) in [4.78, 5) is 24.2. The van der Waals surface area contributed by atoms with Crippen LogP contribution in [0.3, 0.4) is 0 Å². The highest BCUT2D eigenvalue weighted by Crippen LogP contribution is 2.70. The third-order valence-corrected chi connectivity index (χ3v) is 11.4. The van der Waals surface area contributed by atoms with Gasteiger partial charge in [-0.05, 0) is 74.2 Å². The van der Waals surface area contributed by atoms with Crippen LogP contribution in [0.15, 0.2) is 11.6 Å². The fourth-order valence-electron chi connectivity index (χ4n) is 8.23. The molecule has 5 aliphatic rings. The molecule has 1 saturated heterocycles. The van der Waals surface area contributed by atoms with Crippen LogP contribution < -0.4 is 0 Å². The number of hydrogen-bond acceptors (Lipinski definition) is 5. The van der Waals surface area contributed by atoms with Gasteiger partial charge in [-0.15, -0.1) is 0 Å². The van der Waals surface area contributed by atoms with Crippen LogP contribution in [0.2, 0.25) is 0 Å². The van der Waals surface area contributed by atoms with Gasteiger partial charge in [0.1, 0.15) is 5.60 Å². The van der Waals surface area contributed by atoms with Crippen LogP contribution in [0.4, 0.5) is 0 Å². The predicted octanol–water partition coefficient (Wildman–Crippen LogP) is 3.62. The van der Waals surface area contributed by atoms with E-state index in [0.717, 1.165) is 44.1 Å². The molecular weight excluding hydrogens is 388 g/mol. The quantitative estimate of drug-likeness (QED) is 0.606. The average molecular weight is 421 g/mol. The lowest BCUT2D eigenvalue weighted by Gasteiger charge is -2.60. The molecule has 0 bridgehead atoms. The van der Waals surface area contributed by atoms with Crippen molar-refractivity contribution < 1.29 is 22.7 Å². The lowest BCUT2D eigenvalue weighted by atomic mass is 9.46.